The fraction of sp³-hybridized carbons (Fsp3) is 0.500. The zero-order chi connectivity index (χ0) is 15.2. The van der Waals surface area contributed by atoms with E-state index in [1.165, 1.54) is 0 Å². The van der Waals surface area contributed by atoms with Crippen LogP contribution in [-0.4, -0.2) is 19.1 Å². The predicted octanol–water partition coefficient (Wildman–Crippen LogP) is 2.74. The first kappa shape index (κ1) is 16.0. The van der Waals surface area contributed by atoms with E-state index in [0.717, 1.165) is 0 Å². The second-order valence-corrected chi connectivity index (χ2v) is 5.97. The number of carbonyl (C=O) groups is 1. The monoisotopic (exact) mass is 274 g/mol. The maximum atomic E-state index is 11.7. The maximum Gasteiger partial charge on any atom is 0.257 e. The normalized spacial score (nSPS) is 12.3. The van der Waals surface area contributed by atoms with Crippen molar-refractivity contribution in [2.45, 2.75) is 27.7 Å². The molecule has 1 aromatic carbocycles. The number of para-hydroxylation sites is 1. The van der Waals surface area contributed by atoms with Gasteiger partial charge in [0.2, 0.25) is 0 Å². The Morgan fingerprint density at radius 2 is 2.05 bits per heavy atom. The van der Waals surface area contributed by atoms with Gasteiger partial charge in [0.25, 0.3) is 5.91 Å². The number of nitriles is 1. The van der Waals surface area contributed by atoms with Crippen molar-refractivity contribution in [3.05, 3.63) is 29.8 Å². The molecule has 108 valence electrons. The van der Waals surface area contributed by atoms with Crippen LogP contribution in [0.1, 0.15) is 33.3 Å². The smallest absolute Gasteiger partial charge is 0.257 e. The van der Waals surface area contributed by atoms with Crippen molar-refractivity contribution in [3.63, 3.8) is 0 Å². The van der Waals surface area contributed by atoms with Crippen molar-refractivity contribution >= 4 is 5.91 Å². The molecular formula is C16H22N2O2. The first-order valence-corrected chi connectivity index (χ1v) is 6.73. The molecule has 1 atom stereocenters. The van der Waals surface area contributed by atoms with Crippen LogP contribution in [0.25, 0.3) is 0 Å². The molecule has 0 aromatic heterocycles. The molecule has 0 saturated heterocycles. The van der Waals surface area contributed by atoms with Gasteiger partial charge < -0.3 is 10.1 Å². The molecule has 4 heteroatoms. The Morgan fingerprint density at radius 1 is 1.40 bits per heavy atom. The van der Waals surface area contributed by atoms with Crippen LogP contribution in [-0.2, 0) is 4.79 Å². The van der Waals surface area contributed by atoms with E-state index in [1.807, 2.05) is 6.07 Å². The van der Waals surface area contributed by atoms with Crippen molar-refractivity contribution in [1.82, 2.24) is 5.32 Å². The van der Waals surface area contributed by atoms with Crippen LogP contribution in [0.2, 0.25) is 0 Å². The zero-order valence-electron chi connectivity index (χ0n) is 12.6. The van der Waals surface area contributed by atoms with Crippen molar-refractivity contribution in [3.8, 4) is 11.8 Å². The van der Waals surface area contributed by atoms with Gasteiger partial charge in [0, 0.05) is 6.54 Å². The summed E-state index contributed by atoms with van der Waals surface area (Å²) in [5.41, 5.74) is 0.588. The minimum absolute atomic E-state index is 0.0739. The summed E-state index contributed by atoms with van der Waals surface area (Å²) in [4.78, 5) is 11.7. The summed E-state index contributed by atoms with van der Waals surface area (Å²) in [6.45, 7) is 9.07. The number of amides is 1. The van der Waals surface area contributed by atoms with Crippen LogP contribution in [0.5, 0.6) is 5.75 Å². The average Bonchev–Trinajstić information content (AvgIpc) is 2.41. The summed E-state index contributed by atoms with van der Waals surface area (Å²) in [6, 6.07) is 8.91. The topological polar surface area (TPSA) is 62.1 Å². The molecule has 0 aliphatic carbocycles. The molecule has 1 amide bonds. The molecule has 0 aliphatic rings. The molecule has 1 rings (SSSR count). The Labute approximate surface area is 120 Å². The molecule has 0 bridgehead atoms. The first-order chi connectivity index (χ1) is 9.34. The van der Waals surface area contributed by atoms with Gasteiger partial charge in [-0.15, -0.1) is 0 Å². The number of hydrogen-bond acceptors (Lipinski definition) is 3. The summed E-state index contributed by atoms with van der Waals surface area (Å²) < 4.78 is 5.37. The second-order valence-electron chi connectivity index (χ2n) is 5.97. The van der Waals surface area contributed by atoms with Crippen LogP contribution < -0.4 is 10.1 Å². The third-order valence-corrected chi connectivity index (χ3v) is 3.45. The van der Waals surface area contributed by atoms with Crippen LogP contribution >= 0.6 is 0 Å². The third kappa shape index (κ3) is 4.93. The van der Waals surface area contributed by atoms with Crippen molar-refractivity contribution in [1.29, 1.82) is 5.26 Å². The number of nitrogens with one attached hydrogen (secondary N) is 1. The van der Waals surface area contributed by atoms with Gasteiger partial charge in [-0.1, -0.05) is 39.8 Å². The molecule has 0 radical (unpaired) electrons. The quantitative estimate of drug-likeness (QED) is 0.898. The molecule has 4 nitrogen and oxygen atoms in total. The molecule has 0 saturated carbocycles. The van der Waals surface area contributed by atoms with Crippen LogP contribution in [0, 0.1) is 22.7 Å². The van der Waals surface area contributed by atoms with Gasteiger partial charge in [-0.05, 0) is 23.5 Å². The molecular weight excluding hydrogens is 252 g/mol. The Morgan fingerprint density at radius 3 is 2.65 bits per heavy atom. The van der Waals surface area contributed by atoms with Crippen molar-refractivity contribution < 1.29 is 9.53 Å². The zero-order valence-corrected chi connectivity index (χ0v) is 12.6. The highest BCUT2D eigenvalue weighted by atomic mass is 16.5. The average molecular weight is 274 g/mol. The third-order valence-electron chi connectivity index (χ3n) is 3.45. The predicted molar refractivity (Wildman–Crippen MR) is 78.3 cm³/mol. The Balaban J connectivity index is 2.43. The van der Waals surface area contributed by atoms with Gasteiger partial charge in [0.05, 0.1) is 5.56 Å². The van der Waals surface area contributed by atoms with E-state index in [0.29, 0.717) is 23.8 Å². The van der Waals surface area contributed by atoms with E-state index in [-0.39, 0.29) is 17.9 Å². The second kappa shape index (κ2) is 6.95. The molecule has 0 spiro atoms. The van der Waals surface area contributed by atoms with E-state index >= 15 is 0 Å². The highest BCUT2D eigenvalue weighted by Gasteiger charge is 2.20. The molecule has 1 unspecified atom stereocenters. The highest BCUT2D eigenvalue weighted by Crippen LogP contribution is 2.24. The van der Waals surface area contributed by atoms with E-state index in [1.54, 1.807) is 24.3 Å². The van der Waals surface area contributed by atoms with Gasteiger partial charge in [0.1, 0.15) is 11.8 Å². The Hall–Kier alpha value is -2.02. The molecule has 0 fully saturated rings. The summed E-state index contributed by atoms with van der Waals surface area (Å²) in [6.07, 6.45) is 0. The Bertz CT molecular complexity index is 498. The van der Waals surface area contributed by atoms with Crippen molar-refractivity contribution in [2.24, 2.45) is 11.3 Å². The van der Waals surface area contributed by atoms with E-state index in [9.17, 15) is 4.79 Å². The first-order valence-electron chi connectivity index (χ1n) is 6.73. The summed E-state index contributed by atoms with van der Waals surface area (Å²) >= 11 is 0. The lowest BCUT2D eigenvalue weighted by molar-refractivity contribution is -0.123. The van der Waals surface area contributed by atoms with Crippen molar-refractivity contribution in [2.75, 3.05) is 13.2 Å². The maximum absolute atomic E-state index is 11.7. The number of benzene rings is 1. The van der Waals surface area contributed by atoms with Crippen LogP contribution in [0.3, 0.4) is 0 Å². The van der Waals surface area contributed by atoms with E-state index in [4.69, 9.17) is 10.00 Å². The Kier molecular flexibility index (Phi) is 5.57. The lowest BCUT2D eigenvalue weighted by Gasteiger charge is -2.27. The highest BCUT2D eigenvalue weighted by molar-refractivity contribution is 5.77. The minimum Gasteiger partial charge on any atom is -0.482 e. The standard InChI is InChI=1S/C16H22N2O2/c1-12(16(2,3)4)10-18-15(19)11-20-14-8-6-5-7-13(14)9-17/h5-8,12H,10-11H2,1-4H3,(H,18,19). The SMILES string of the molecule is CC(CNC(=O)COc1ccccc1C#N)C(C)(C)C. The number of rotatable bonds is 5. The fourth-order valence-electron chi connectivity index (χ4n) is 1.45. The number of nitrogens with zero attached hydrogens (tertiary/aromatic N) is 1. The number of carbonyl (C=O) groups excluding carboxylic acids is 1. The minimum atomic E-state index is -0.172. The lowest BCUT2D eigenvalue weighted by Crippen LogP contribution is -2.36. The summed E-state index contributed by atoms with van der Waals surface area (Å²) in [5, 5.41) is 11.8. The van der Waals surface area contributed by atoms with E-state index in [2.05, 4.69) is 33.0 Å². The van der Waals surface area contributed by atoms with Gasteiger partial charge in [-0.3, -0.25) is 4.79 Å². The fourth-order valence-corrected chi connectivity index (χ4v) is 1.45. The molecule has 1 N–H and O–H groups in total. The largest absolute Gasteiger partial charge is 0.482 e. The molecule has 1 aromatic rings. The van der Waals surface area contributed by atoms with Gasteiger partial charge in [-0.25, -0.2) is 0 Å². The van der Waals surface area contributed by atoms with Crippen LogP contribution in [0.15, 0.2) is 24.3 Å². The summed E-state index contributed by atoms with van der Waals surface area (Å²) in [7, 11) is 0. The van der Waals surface area contributed by atoms with Crippen LogP contribution in [0.4, 0.5) is 0 Å². The summed E-state index contributed by atoms with van der Waals surface area (Å²) in [5.74, 6) is 0.640. The number of ether oxygens (including phenoxy) is 1. The van der Waals surface area contributed by atoms with Gasteiger partial charge in [-0.2, -0.15) is 5.26 Å². The lowest BCUT2D eigenvalue weighted by atomic mass is 9.82. The molecule has 0 heterocycles. The van der Waals surface area contributed by atoms with Gasteiger partial charge >= 0.3 is 0 Å². The molecule has 0 aliphatic heterocycles. The molecule has 20 heavy (non-hydrogen) atoms. The van der Waals surface area contributed by atoms with Gasteiger partial charge in [0.15, 0.2) is 6.61 Å². The van der Waals surface area contributed by atoms with E-state index < -0.39 is 0 Å². The number of hydrogen-bond donors (Lipinski definition) is 1.